The highest BCUT2D eigenvalue weighted by molar-refractivity contribution is 7.09. The predicted molar refractivity (Wildman–Crippen MR) is 92.5 cm³/mol. The van der Waals surface area contributed by atoms with Gasteiger partial charge in [0.15, 0.2) is 0 Å². The van der Waals surface area contributed by atoms with Crippen molar-refractivity contribution in [3.63, 3.8) is 0 Å². The van der Waals surface area contributed by atoms with Gasteiger partial charge < -0.3 is 9.88 Å². The molecule has 2 aromatic heterocycles. The van der Waals surface area contributed by atoms with Gasteiger partial charge in [-0.2, -0.15) is 0 Å². The van der Waals surface area contributed by atoms with Crippen molar-refractivity contribution in [1.82, 2.24) is 19.8 Å². The molecule has 0 spiro atoms. The fourth-order valence-electron chi connectivity index (χ4n) is 3.12. The Hall–Kier alpha value is -1.66. The lowest BCUT2D eigenvalue weighted by atomic mass is 9.96. The summed E-state index contributed by atoms with van der Waals surface area (Å²) in [6, 6.07) is 4.56. The van der Waals surface area contributed by atoms with Gasteiger partial charge in [-0.05, 0) is 31.7 Å². The number of nitrogens with one attached hydrogen (secondary N) is 1. The number of carbonyl (C=O) groups is 1. The van der Waals surface area contributed by atoms with E-state index in [9.17, 15) is 4.79 Å². The number of fused-ring (bicyclic) bond motifs is 1. The molecule has 23 heavy (non-hydrogen) atoms. The topological polar surface area (TPSA) is 50.2 Å². The average molecular weight is 332 g/mol. The highest BCUT2D eigenvalue weighted by Gasteiger charge is 2.34. The average Bonchev–Trinajstić information content (AvgIpc) is 3.16. The maximum Gasteiger partial charge on any atom is 0.230 e. The van der Waals surface area contributed by atoms with E-state index in [0.717, 1.165) is 30.9 Å². The number of carbonyl (C=O) groups excluding carboxylic acids is 1. The number of aryl methyl sites for hydroxylation is 1. The van der Waals surface area contributed by atoms with Crippen LogP contribution in [0.2, 0.25) is 0 Å². The minimum atomic E-state index is -0.142. The molecule has 1 aliphatic rings. The van der Waals surface area contributed by atoms with Crippen molar-refractivity contribution in [2.75, 3.05) is 13.1 Å². The van der Waals surface area contributed by atoms with Gasteiger partial charge in [-0.3, -0.25) is 9.69 Å². The van der Waals surface area contributed by atoms with E-state index >= 15 is 0 Å². The smallest absolute Gasteiger partial charge is 0.230 e. The van der Waals surface area contributed by atoms with Crippen LogP contribution in [0.3, 0.4) is 0 Å². The molecule has 0 unspecified atom stereocenters. The molecule has 6 heteroatoms. The summed E-state index contributed by atoms with van der Waals surface area (Å²) >= 11 is 1.73. The van der Waals surface area contributed by atoms with Gasteiger partial charge in [0.2, 0.25) is 5.91 Å². The molecular weight excluding hydrogens is 308 g/mol. The van der Waals surface area contributed by atoms with Crippen molar-refractivity contribution in [2.45, 2.75) is 38.8 Å². The Labute approximate surface area is 141 Å². The number of aromatic nitrogens is 2. The van der Waals surface area contributed by atoms with E-state index in [0.29, 0.717) is 12.6 Å². The van der Waals surface area contributed by atoms with Crippen molar-refractivity contribution >= 4 is 17.2 Å². The van der Waals surface area contributed by atoms with E-state index in [1.165, 1.54) is 4.88 Å². The molecule has 1 aliphatic heterocycles. The highest BCUT2D eigenvalue weighted by Crippen LogP contribution is 2.28. The first-order valence-electron chi connectivity index (χ1n) is 8.10. The molecule has 0 saturated carbocycles. The lowest BCUT2D eigenvalue weighted by molar-refractivity contribution is -0.123. The van der Waals surface area contributed by atoms with Crippen molar-refractivity contribution < 1.29 is 4.79 Å². The lowest BCUT2D eigenvalue weighted by Gasteiger charge is -2.34. The number of imidazole rings is 1. The molecule has 0 saturated heterocycles. The molecular formula is C17H24N4OS. The zero-order valence-corrected chi connectivity index (χ0v) is 14.8. The summed E-state index contributed by atoms with van der Waals surface area (Å²) in [5.41, 5.74) is 2.10. The maximum atomic E-state index is 12.7. The molecule has 0 bridgehead atoms. The van der Waals surface area contributed by atoms with Crippen LogP contribution in [0.25, 0.3) is 0 Å². The van der Waals surface area contributed by atoms with Crippen molar-refractivity contribution in [3.8, 4) is 0 Å². The summed E-state index contributed by atoms with van der Waals surface area (Å²) in [7, 11) is 1.97. The molecule has 5 nitrogen and oxygen atoms in total. The zero-order valence-electron chi connectivity index (χ0n) is 14.0. The normalized spacial score (nSPS) is 18.2. The third-order valence-corrected chi connectivity index (χ3v) is 5.40. The van der Waals surface area contributed by atoms with Crippen LogP contribution in [0.5, 0.6) is 0 Å². The van der Waals surface area contributed by atoms with Gasteiger partial charge in [-0.25, -0.2) is 4.98 Å². The fourth-order valence-corrected chi connectivity index (χ4v) is 3.83. The second-order valence-corrected chi connectivity index (χ2v) is 7.42. The quantitative estimate of drug-likeness (QED) is 0.913. The standard InChI is InChI=1S/C17H24N4OS/c1-12(2)21-9-14(16-15(10-21)19-11-20(16)3)17(22)18-7-6-13-5-4-8-23-13/h4-5,8,11-12,14H,6-7,9-10H2,1-3H3,(H,18,22)/t14-/m1/s1. The summed E-state index contributed by atoms with van der Waals surface area (Å²) in [6.07, 6.45) is 2.71. The molecule has 1 amide bonds. The predicted octanol–water partition coefficient (Wildman–Crippen LogP) is 2.15. The Morgan fingerprint density at radius 1 is 1.52 bits per heavy atom. The van der Waals surface area contributed by atoms with Crippen LogP contribution in [0.1, 0.15) is 36.0 Å². The van der Waals surface area contributed by atoms with E-state index in [1.807, 2.05) is 24.0 Å². The SMILES string of the molecule is CC(C)N1Cc2ncn(C)c2[C@H](C(=O)NCCc2cccs2)C1. The van der Waals surface area contributed by atoms with Crippen molar-refractivity contribution in [1.29, 1.82) is 0 Å². The van der Waals surface area contributed by atoms with Crippen LogP contribution in [-0.2, 0) is 24.8 Å². The summed E-state index contributed by atoms with van der Waals surface area (Å²) in [4.78, 5) is 20.8. The number of amides is 1. The molecule has 0 fully saturated rings. The van der Waals surface area contributed by atoms with Gasteiger partial charge in [0.25, 0.3) is 0 Å². The Kier molecular flexibility index (Phi) is 4.82. The lowest BCUT2D eigenvalue weighted by Crippen LogP contribution is -2.44. The van der Waals surface area contributed by atoms with Crippen LogP contribution < -0.4 is 5.32 Å². The molecule has 2 aromatic rings. The number of thiophene rings is 1. The first-order valence-corrected chi connectivity index (χ1v) is 8.98. The number of nitrogens with zero attached hydrogens (tertiary/aromatic N) is 3. The number of rotatable bonds is 5. The van der Waals surface area contributed by atoms with E-state index in [2.05, 4.69) is 40.5 Å². The summed E-state index contributed by atoms with van der Waals surface area (Å²) in [5.74, 6) is -0.0336. The van der Waals surface area contributed by atoms with Gasteiger partial charge in [-0.15, -0.1) is 11.3 Å². The fraction of sp³-hybridized carbons (Fsp3) is 0.529. The Bertz CT molecular complexity index is 662. The largest absolute Gasteiger partial charge is 0.355 e. The van der Waals surface area contributed by atoms with Gasteiger partial charge in [0.05, 0.1) is 23.6 Å². The van der Waals surface area contributed by atoms with Crippen LogP contribution in [-0.4, -0.2) is 39.5 Å². The Morgan fingerprint density at radius 2 is 2.35 bits per heavy atom. The zero-order chi connectivity index (χ0) is 16.4. The van der Waals surface area contributed by atoms with Crippen LogP contribution in [0.4, 0.5) is 0 Å². The molecule has 1 N–H and O–H groups in total. The van der Waals surface area contributed by atoms with Gasteiger partial charge in [0, 0.05) is 37.6 Å². The van der Waals surface area contributed by atoms with Gasteiger partial charge in [0.1, 0.15) is 0 Å². The molecule has 1 atom stereocenters. The van der Waals surface area contributed by atoms with Gasteiger partial charge >= 0.3 is 0 Å². The van der Waals surface area contributed by atoms with Crippen LogP contribution in [0, 0.1) is 0 Å². The Balaban J connectivity index is 1.69. The maximum absolute atomic E-state index is 12.7. The molecule has 124 valence electrons. The highest BCUT2D eigenvalue weighted by atomic mass is 32.1. The van der Waals surface area contributed by atoms with E-state index in [4.69, 9.17) is 0 Å². The second-order valence-electron chi connectivity index (χ2n) is 6.38. The summed E-state index contributed by atoms with van der Waals surface area (Å²) in [6.45, 7) is 6.60. The van der Waals surface area contributed by atoms with Crippen LogP contribution >= 0.6 is 11.3 Å². The molecule has 3 heterocycles. The van der Waals surface area contributed by atoms with E-state index in [1.54, 1.807) is 11.3 Å². The molecule has 0 radical (unpaired) electrons. The third kappa shape index (κ3) is 3.48. The molecule has 3 rings (SSSR count). The Morgan fingerprint density at radius 3 is 3.04 bits per heavy atom. The minimum Gasteiger partial charge on any atom is -0.355 e. The first-order chi connectivity index (χ1) is 11.1. The van der Waals surface area contributed by atoms with Crippen molar-refractivity contribution in [2.24, 2.45) is 7.05 Å². The summed E-state index contributed by atoms with van der Waals surface area (Å²) < 4.78 is 2.00. The number of hydrogen-bond donors (Lipinski definition) is 1. The number of hydrogen-bond acceptors (Lipinski definition) is 4. The van der Waals surface area contributed by atoms with E-state index < -0.39 is 0 Å². The molecule has 0 aromatic carbocycles. The monoisotopic (exact) mass is 332 g/mol. The third-order valence-electron chi connectivity index (χ3n) is 4.46. The van der Waals surface area contributed by atoms with E-state index in [-0.39, 0.29) is 11.8 Å². The van der Waals surface area contributed by atoms with Crippen molar-refractivity contribution in [3.05, 3.63) is 40.1 Å². The molecule has 0 aliphatic carbocycles. The second kappa shape index (κ2) is 6.84. The van der Waals surface area contributed by atoms with Crippen LogP contribution in [0.15, 0.2) is 23.8 Å². The summed E-state index contributed by atoms with van der Waals surface area (Å²) in [5, 5.41) is 5.18. The van der Waals surface area contributed by atoms with Gasteiger partial charge in [-0.1, -0.05) is 6.07 Å². The first kappa shape index (κ1) is 16.2. The minimum absolute atomic E-state index is 0.108.